The van der Waals surface area contributed by atoms with Crippen LogP contribution in [0, 0.1) is 12.0 Å². The van der Waals surface area contributed by atoms with E-state index in [2.05, 4.69) is 142 Å². The molecule has 1 aliphatic rings. The summed E-state index contributed by atoms with van der Waals surface area (Å²) in [5.74, 6) is 0.674. The van der Waals surface area contributed by atoms with E-state index in [-0.39, 0.29) is 0 Å². The van der Waals surface area contributed by atoms with Crippen molar-refractivity contribution in [2.75, 3.05) is 0 Å². The summed E-state index contributed by atoms with van der Waals surface area (Å²) in [5.41, 5.74) is 11.0. The molecule has 2 radical (unpaired) electrons. The standard InChI is InChI=1S/C27H27.C12H7Si.2ClH.Zr/c1-4-21-14-15-23-17-20(16-19(2)3)18-26(23)27(21)25-13-9-8-12-24(25)22-10-6-5-7-11-22;1-3-7-11-9(5-1)10-6-2-4-8-12(10)13-11;;;/h5-15,17-19H,4,16H2,1-3H3;1-7H;2*1H;/q2*-1;;;+4/p-2. The minimum Gasteiger partial charge on any atom is -0.184 e. The number of benzene rings is 5. The normalized spacial score (nSPS) is 11.1. The van der Waals surface area contributed by atoms with Crippen LogP contribution in [0.15, 0.2) is 121 Å². The molecule has 1 heterocycles. The molecule has 0 unspecified atom stereocenters. The smallest absolute Gasteiger partial charge is 0.0920 e. The number of hydrogen-bond acceptors (Lipinski definition) is 0. The maximum Gasteiger partial charge on any atom is 0.0920 e. The van der Waals surface area contributed by atoms with Crippen molar-refractivity contribution >= 4 is 47.7 Å². The Kier molecular flexibility index (Phi) is 11.4. The first-order valence-corrected chi connectivity index (χ1v) is 22.1. The zero-order chi connectivity index (χ0) is 30.2. The van der Waals surface area contributed by atoms with Gasteiger partial charge in [-0.25, -0.2) is 0 Å². The molecular formula is C39H34Cl2SiZr. The molecule has 7 rings (SSSR count). The van der Waals surface area contributed by atoms with E-state index in [4.69, 9.17) is 17.0 Å². The van der Waals surface area contributed by atoms with Crippen molar-refractivity contribution in [3.63, 3.8) is 0 Å². The Hall–Kier alpha value is -2.61. The molecule has 6 aromatic rings. The molecule has 6 aromatic carbocycles. The van der Waals surface area contributed by atoms with Crippen LogP contribution < -0.4 is 10.4 Å². The van der Waals surface area contributed by atoms with E-state index in [9.17, 15) is 0 Å². The molecule has 4 heteroatoms. The second-order valence-corrected chi connectivity index (χ2v) is 16.1. The van der Waals surface area contributed by atoms with E-state index in [1.807, 2.05) is 6.07 Å². The van der Waals surface area contributed by atoms with Crippen LogP contribution in [0.1, 0.15) is 31.9 Å². The molecule has 43 heavy (non-hydrogen) atoms. The number of hydrogen-bond donors (Lipinski definition) is 0. The average Bonchev–Trinajstić information content (AvgIpc) is 3.62. The molecule has 0 N–H and O–H groups in total. The van der Waals surface area contributed by atoms with Gasteiger partial charge in [0.25, 0.3) is 0 Å². The summed E-state index contributed by atoms with van der Waals surface area (Å²) >= 11 is -0.826. The van der Waals surface area contributed by atoms with Gasteiger partial charge in [-0.15, -0.1) is 40.1 Å². The molecule has 0 nitrogen and oxygen atoms in total. The van der Waals surface area contributed by atoms with Crippen LogP contribution in [0.2, 0.25) is 0 Å². The summed E-state index contributed by atoms with van der Waals surface area (Å²) in [7, 11) is 10.7. The van der Waals surface area contributed by atoms with Crippen molar-refractivity contribution in [1.29, 1.82) is 0 Å². The van der Waals surface area contributed by atoms with E-state index in [1.165, 1.54) is 65.7 Å². The zero-order valence-electron chi connectivity index (χ0n) is 24.8. The average molecular weight is 693 g/mol. The monoisotopic (exact) mass is 690 g/mol. The molecule has 0 aliphatic carbocycles. The van der Waals surface area contributed by atoms with Crippen molar-refractivity contribution in [2.24, 2.45) is 5.92 Å². The third-order valence-corrected chi connectivity index (χ3v) is 9.04. The van der Waals surface area contributed by atoms with Gasteiger partial charge < -0.3 is 0 Å². The number of fused-ring (bicyclic) bond motifs is 4. The molecule has 0 spiro atoms. The van der Waals surface area contributed by atoms with Crippen molar-refractivity contribution < 1.29 is 20.8 Å². The predicted octanol–water partition coefficient (Wildman–Crippen LogP) is 10.2. The summed E-state index contributed by atoms with van der Waals surface area (Å²) in [6.07, 6.45) is 2.18. The Morgan fingerprint density at radius 3 is 2.14 bits per heavy atom. The second-order valence-electron chi connectivity index (χ2n) is 11.0. The summed E-state index contributed by atoms with van der Waals surface area (Å²) in [5, 5.41) is 5.58. The van der Waals surface area contributed by atoms with Gasteiger partial charge in [0, 0.05) is 0 Å². The van der Waals surface area contributed by atoms with Crippen molar-refractivity contribution in [1.82, 2.24) is 0 Å². The fourth-order valence-corrected chi connectivity index (χ4v) is 7.20. The maximum atomic E-state index is 4.93. The first-order chi connectivity index (χ1) is 21.0. The third-order valence-electron chi connectivity index (χ3n) is 7.68. The minimum absolute atomic E-state index is 0.674. The summed E-state index contributed by atoms with van der Waals surface area (Å²) in [6.45, 7) is 6.84. The molecule has 0 bridgehead atoms. The SMILES string of the molecule is CCc1ccc2[cH-]c(CC(C)C)cc2c1-c1ccccc1-c1ccccc1.[Cl][Zr+2][Cl].[c-]1cccc2c1[Si]c1ccccc1-2. The van der Waals surface area contributed by atoms with E-state index >= 15 is 0 Å². The van der Waals surface area contributed by atoms with E-state index < -0.39 is 20.8 Å². The topological polar surface area (TPSA) is 0 Å². The Labute approximate surface area is 278 Å². The molecule has 0 amide bonds. The molecular weight excluding hydrogens is 659 g/mol. The van der Waals surface area contributed by atoms with Gasteiger partial charge >= 0.3 is 37.9 Å². The molecule has 1 aliphatic heterocycles. The number of rotatable bonds is 5. The Morgan fingerprint density at radius 1 is 0.767 bits per heavy atom. The number of aryl methyl sites for hydroxylation is 1. The van der Waals surface area contributed by atoms with Crippen LogP contribution in [0.3, 0.4) is 0 Å². The van der Waals surface area contributed by atoms with Crippen molar-refractivity contribution in [3.8, 4) is 33.4 Å². The van der Waals surface area contributed by atoms with E-state index in [0.717, 1.165) is 22.4 Å². The molecule has 212 valence electrons. The van der Waals surface area contributed by atoms with Crippen LogP contribution >= 0.6 is 17.0 Å². The zero-order valence-corrected chi connectivity index (χ0v) is 29.8. The largest absolute Gasteiger partial charge is 0.184 e. The quantitative estimate of drug-likeness (QED) is 0.124. The van der Waals surface area contributed by atoms with Gasteiger partial charge in [0.05, 0.1) is 9.52 Å². The van der Waals surface area contributed by atoms with E-state index in [1.54, 1.807) is 0 Å². The summed E-state index contributed by atoms with van der Waals surface area (Å²) in [6, 6.07) is 47.2. The van der Waals surface area contributed by atoms with E-state index in [0.29, 0.717) is 5.92 Å². The Balaban J connectivity index is 0.000000190. The van der Waals surface area contributed by atoms with Crippen LogP contribution in [0.25, 0.3) is 44.2 Å². The predicted molar refractivity (Wildman–Crippen MR) is 186 cm³/mol. The van der Waals surface area contributed by atoms with Gasteiger partial charge in [-0.3, -0.25) is 0 Å². The molecule has 0 fully saturated rings. The second kappa shape index (κ2) is 15.4. The molecule has 0 saturated carbocycles. The van der Waals surface area contributed by atoms with Crippen LogP contribution in [-0.2, 0) is 33.7 Å². The number of halogens is 2. The first kappa shape index (κ1) is 31.8. The van der Waals surface area contributed by atoms with Gasteiger partial charge in [0.1, 0.15) is 0 Å². The van der Waals surface area contributed by atoms with Gasteiger partial charge in [0.2, 0.25) is 0 Å². The van der Waals surface area contributed by atoms with Crippen molar-refractivity contribution in [2.45, 2.75) is 33.6 Å². The van der Waals surface area contributed by atoms with Crippen LogP contribution in [0.5, 0.6) is 0 Å². The van der Waals surface area contributed by atoms with Crippen LogP contribution in [0.4, 0.5) is 0 Å². The van der Waals surface area contributed by atoms with Gasteiger partial charge in [-0.2, -0.15) is 35.5 Å². The minimum atomic E-state index is -0.826. The Bertz CT molecular complexity index is 1750. The third kappa shape index (κ3) is 7.55. The van der Waals surface area contributed by atoms with Gasteiger partial charge in [-0.05, 0) is 35.4 Å². The van der Waals surface area contributed by atoms with Crippen LogP contribution in [-0.4, -0.2) is 9.52 Å². The summed E-state index contributed by atoms with van der Waals surface area (Å²) in [4.78, 5) is 0. The molecule has 0 saturated heterocycles. The van der Waals surface area contributed by atoms with Gasteiger partial charge in [0.15, 0.2) is 0 Å². The maximum absolute atomic E-state index is 4.93. The van der Waals surface area contributed by atoms with Crippen molar-refractivity contribution in [3.05, 3.63) is 139 Å². The summed E-state index contributed by atoms with van der Waals surface area (Å²) < 4.78 is 0. The Morgan fingerprint density at radius 2 is 1.42 bits per heavy atom. The molecule has 0 aromatic heterocycles. The fraction of sp³-hybridized carbons (Fsp3) is 0.154. The van der Waals surface area contributed by atoms with Gasteiger partial charge in [-0.1, -0.05) is 122 Å². The molecule has 0 atom stereocenters. The first-order valence-electron chi connectivity index (χ1n) is 14.7. The fourth-order valence-electron chi connectivity index (χ4n) is 5.89.